The van der Waals surface area contributed by atoms with Gasteiger partial charge < -0.3 is 0 Å². The summed E-state index contributed by atoms with van der Waals surface area (Å²) in [5.74, 6) is -0.501. The minimum Gasteiger partial charge on any atom is -0.282 e. The molecule has 0 aliphatic heterocycles. The lowest BCUT2D eigenvalue weighted by Crippen LogP contribution is -2.01. The Hall–Kier alpha value is -1.43. The molecule has 3 nitrogen and oxygen atoms in total. The van der Waals surface area contributed by atoms with Gasteiger partial charge >= 0.3 is 0 Å². The molecule has 0 bridgehead atoms. The van der Waals surface area contributed by atoms with Crippen molar-refractivity contribution in [2.24, 2.45) is 0 Å². The van der Waals surface area contributed by atoms with Crippen LogP contribution in [0.1, 0.15) is 16.7 Å². The zero-order valence-electron chi connectivity index (χ0n) is 10.6. The minimum absolute atomic E-state index is 0.0195. The number of hydrogen-bond donors (Lipinski definition) is 1. The van der Waals surface area contributed by atoms with Gasteiger partial charge in [-0.15, -0.1) is 0 Å². The molecule has 0 spiro atoms. The van der Waals surface area contributed by atoms with Crippen LogP contribution in [0.5, 0.6) is 0 Å². The van der Waals surface area contributed by atoms with Crippen LogP contribution in [0.3, 0.4) is 0 Å². The molecule has 6 heteroatoms. The molecule has 20 heavy (non-hydrogen) atoms. The van der Waals surface area contributed by atoms with Crippen LogP contribution in [0.4, 0.5) is 4.39 Å². The monoisotopic (exact) mass is 314 g/mol. The van der Waals surface area contributed by atoms with E-state index in [4.69, 9.17) is 16.2 Å². The van der Waals surface area contributed by atoms with E-state index in [0.29, 0.717) is 6.42 Å². The number of hydrogen-bond acceptors (Lipinski definition) is 2. The summed E-state index contributed by atoms with van der Waals surface area (Å²) in [7, 11) is -4.24. The molecule has 1 N–H and O–H groups in total. The number of halogens is 2. The first-order chi connectivity index (χ1) is 9.27. The molecule has 106 valence electrons. The second-order valence-corrected chi connectivity index (χ2v) is 6.32. The maximum absolute atomic E-state index is 13.1. The average Bonchev–Trinajstić information content (AvgIpc) is 2.35. The second kappa shape index (κ2) is 5.52. The van der Waals surface area contributed by atoms with Crippen molar-refractivity contribution in [2.45, 2.75) is 18.2 Å². The Balaban J connectivity index is 2.40. The van der Waals surface area contributed by atoms with Crippen molar-refractivity contribution in [1.29, 1.82) is 0 Å². The standard InChI is InChI=1S/C14H12ClFO3S/c1-9-2-4-12(20(17,18)19)8-11(9)6-10-3-5-14(16)13(15)7-10/h2-5,7-8H,6H2,1H3,(H,17,18,19). The topological polar surface area (TPSA) is 54.4 Å². The summed E-state index contributed by atoms with van der Waals surface area (Å²) < 4.78 is 44.4. The zero-order valence-corrected chi connectivity index (χ0v) is 12.2. The maximum Gasteiger partial charge on any atom is 0.294 e. The van der Waals surface area contributed by atoms with Crippen molar-refractivity contribution in [3.63, 3.8) is 0 Å². The molecule has 2 aromatic rings. The van der Waals surface area contributed by atoms with E-state index in [0.717, 1.165) is 16.7 Å². The van der Waals surface area contributed by atoms with Gasteiger partial charge in [-0.2, -0.15) is 8.42 Å². The van der Waals surface area contributed by atoms with Crippen molar-refractivity contribution < 1.29 is 17.4 Å². The highest BCUT2D eigenvalue weighted by Gasteiger charge is 2.12. The van der Waals surface area contributed by atoms with E-state index in [1.165, 1.54) is 24.3 Å². The molecule has 0 aromatic heterocycles. The predicted molar refractivity (Wildman–Crippen MR) is 75.2 cm³/mol. The Morgan fingerprint density at radius 3 is 2.50 bits per heavy atom. The van der Waals surface area contributed by atoms with Crippen molar-refractivity contribution in [2.75, 3.05) is 0 Å². The first kappa shape index (κ1) is 15.0. The Morgan fingerprint density at radius 2 is 1.90 bits per heavy atom. The number of rotatable bonds is 3. The van der Waals surface area contributed by atoms with Gasteiger partial charge in [0.25, 0.3) is 10.1 Å². The summed E-state index contributed by atoms with van der Waals surface area (Å²) in [6.07, 6.45) is 0.398. The van der Waals surface area contributed by atoms with Crippen molar-refractivity contribution in [1.82, 2.24) is 0 Å². The Labute approximate surface area is 121 Å². The van der Waals surface area contributed by atoms with Gasteiger partial charge in [-0.3, -0.25) is 4.55 Å². The maximum atomic E-state index is 13.1. The molecule has 0 amide bonds. The normalized spacial score (nSPS) is 11.6. The Morgan fingerprint density at radius 1 is 1.20 bits per heavy atom. The highest BCUT2D eigenvalue weighted by molar-refractivity contribution is 7.85. The summed E-state index contributed by atoms with van der Waals surface area (Å²) in [5.41, 5.74) is 2.35. The van der Waals surface area contributed by atoms with Crippen LogP contribution in [0.15, 0.2) is 41.3 Å². The van der Waals surface area contributed by atoms with E-state index in [9.17, 15) is 12.8 Å². The summed E-state index contributed by atoms with van der Waals surface area (Å²) in [5, 5.41) is 0.0195. The first-order valence-corrected chi connectivity index (χ1v) is 7.60. The fourth-order valence-electron chi connectivity index (χ4n) is 1.87. The van der Waals surface area contributed by atoms with Crippen molar-refractivity contribution in [3.05, 3.63) is 63.9 Å². The Kier molecular flexibility index (Phi) is 4.13. The van der Waals surface area contributed by atoms with E-state index >= 15 is 0 Å². The fourth-order valence-corrected chi connectivity index (χ4v) is 2.60. The first-order valence-electron chi connectivity index (χ1n) is 5.78. The summed E-state index contributed by atoms with van der Waals surface area (Å²) in [6, 6.07) is 8.70. The van der Waals surface area contributed by atoms with Gasteiger partial charge in [0.2, 0.25) is 0 Å². The third-order valence-electron chi connectivity index (χ3n) is 3.00. The predicted octanol–water partition coefficient (Wildman–Crippen LogP) is 3.63. The molecule has 0 heterocycles. The van der Waals surface area contributed by atoms with Gasteiger partial charge in [0.1, 0.15) is 5.82 Å². The summed E-state index contributed by atoms with van der Waals surface area (Å²) in [4.78, 5) is -0.161. The molecule has 0 saturated carbocycles. The van der Waals surface area contributed by atoms with Crippen LogP contribution in [-0.2, 0) is 16.5 Å². The number of benzene rings is 2. The summed E-state index contributed by atoms with van der Waals surface area (Å²) >= 11 is 5.71. The molecule has 0 atom stereocenters. The van der Waals surface area contributed by atoms with E-state index in [-0.39, 0.29) is 9.92 Å². The van der Waals surface area contributed by atoms with Gasteiger partial charge in [0, 0.05) is 0 Å². The van der Waals surface area contributed by atoms with Gasteiger partial charge in [-0.25, -0.2) is 4.39 Å². The minimum atomic E-state index is -4.24. The van der Waals surface area contributed by atoms with E-state index in [2.05, 4.69) is 0 Å². The lowest BCUT2D eigenvalue weighted by atomic mass is 10.0. The van der Waals surface area contributed by atoms with Gasteiger partial charge in [0.05, 0.1) is 9.92 Å². The molecular weight excluding hydrogens is 303 g/mol. The van der Waals surface area contributed by atoms with Crippen molar-refractivity contribution in [3.8, 4) is 0 Å². The SMILES string of the molecule is Cc1ccc(S(=O)(=O)O)cc1Cc1ccc(F)c(Cl)c1. The third-order valence-corrected chi connectivity index (χ3v) is 4.14. The van der Waals surface area contributed by atoms with E-state index in [1.54, 1.807) is 12.1 Å². The van der Waals surface area contributed by atoms with Gasteiger partial charge in [-0.1, -0.05) is 23.7 Å². The van der Waals surface area contributed by atoms with Crippen LogP contribution < -0.4 is 0 Å². The lowest BCUT2D eigenvalue weighted by molar-refractivity contribution is 0.483. The molecule has 2 rings (SSSR count). The van der Waals surface area contributed by atoms with E-state index in [1.807, 2.05) is 6.92 Å². The van der Waals surface area contributed by atoms with Gasteiger partial charge in [0.15, 0.2) is 0 Å². The smallest absolute Gasteiger partial charge is 0.282 e. The average molecular weight is 315 g/mol. The lowest BCUT2D eigenvalue weighted by Gasteiger charge is -2.08. The Bertz CT molecular complexity index is 757. The second-order valence-electron chi connectivity index (χ2n) is 4.49. The zero-order chi connectivity index (χ0) is 14.9. The highest BCUT2D eigenvalue weighted by atomic mass is 35.5. The molecule has 0 fully saturated rings. The van der Waals surface area contributed by atoms with Crippen LogP contribution in [0, 0.1) is 12.7 Å². The fraction of sp³-hybridized carbons (Fsp3) is 0.143. The quantitative estimate of drug-likeness (QED) is 0.880. The third kappa shape index (κ3) is 3.36. The molecule has 2 aromatic carbocycles. The van der Waals surface area contributed by atoms with Crippen LogP contribution in [-0.4, -0.2) is 13.0 Å². The molecule has 0 aliphatic carbocycles. The molecule has 0 radical (unpaired) electrons. The van der Waals surface area contributed by atoms with Crippen molar-refractivity contribution >= 4 is 21.7 Å². The number of aryl methyl sites for hydroxylation is 1. The molecule has 0 unspecified atom stereocenters. The van der Waals surface area contributed by atoms with Gasteiger partial charge in [-0.05, 0) is 54.3 Å². The van der Waals surface area contributed by atoms with Crippen LogP contribution >= 0.6 is 11.6 Å². The molecule has 0 aliphatic rings. The molecular formula is C14H12ClFO3S. The molecule has 0 saturated heterocycles. The largest absolute Gasteiger partial charge is 0.294 e. The summed E-state index contributed by atoms with van der Waals surface area (Å²) in [6.45, 7) is 1.83. The van der Waals surface area contributed by atoms with E-state index < -0.39 is 15.9 Å². The highest BCUT2D eigenvalue weighted by Crippen LogP contribution is 2.22. The van der Waals surface area contributed by atoms with Crippen LogP contribution in [0.25, 0.3) is 0 Å². The van der Waals surface area contributed by atoms with Crippen LogP contribution in [0.2, 0.25) is 5.02 Å².